The fourth-order valence-electron chi connectivity index (χ4n) is 0.583. The molecule has 1 aromatic rings. The van der Waals surface area contributed by atoms with Crippen molar-refractivity contribution in [2.24, 2.45) is 0 Å². The highest BCUT2D eigenvalue weighted by molar-refractivity contribution is 4.61. The topological polar surface area (TPSA) is 49.7 Å². The number of rotatable bonds is 2. The van der Waals surface area contributed by atoms with E-state index in [9.17, 15) is 0 Å². The van der Waals surface area contributed by atoms with Crippen LogP contribution in [0.3, 0.4) is 0 Å². The molecule has 9 heavy (non-hydrogen) atoms. The fourth-order valence-corrected chi connectivity index (χ4v) is 0.583. The molecule has 2 N–H and O–H groups in total. The number of hydrogen-bond acceptors (Lipinski definition) is 1. The molecule has 0 bridgehead atoms. The second kappa shape index (κ2) is 3.86. The zero-order valence-corrected chi connectivity index (χ0v) is 5.12. The molecule has 3 heteroatoms. The molecule has 0 aliphatic carbocycles. The van der Waals surface area contributed by atoms with Crippen LogP contribution in [0, 0.1) is 0 Å². The first-order valence-corrected chi connectivity index (χ1v) is 2.56. The van der Waals surface area contributed by atoms with Gasteiger partial charge < -0.3 is 5.48 Å². The van der Waals surface area contributed by atoms with Crippen molar-refractivity contribution >= 4 is 0 Å². The van der Waals surface area contributed by atoms with Gasteiger partial charge in [-0.15, -0.1) is 0 Å². The van der Waals surface area contributed by atoms with Crippen LogP contribution >= 0.6 is 0 Å². The minimum absolute atomic E-state index is 0. The molecule has 0 radical (unpaired) electrons. The molecule has 3 nitrogen and oxygen atoms in total. The molecule has 0 aromatic carbocycles. The Kier molecular flexibility index (Phi) is 3.39. The SMILES string of the molecule is C=CC[n+]1cc[nH]c1.[OH-]. The maximum Gasteiger partial charge on any atom is 0.241 e. The first-order chi connectivity index (χ1) is 3.93. The first kappa shape index (κ1) is 7.91. The molecule has 0 spiro atoms. The van der Waals surface area contributed by atoms with Crippen molar-refractivity contribution in [2.45, 2.75) is 6.54 Å². The number of nitrogens with zero attached hydrogens (tertiary/aromatic N) is 1. The Balaban J connectivity index is 0.000000640. The normalized spacial score (nSPS) is 8.00. The summed E-state index contributed by atoms with van der Waals surface area (Å²) in [6.07, 6.45) is 7.58. The van der Waals surface area contributed by atoms with Crippen molar-refractivity contribution in [2.75, 3.05) is 0 Å². The lowest BCUT2D eigenvalue weighted by atomic mass is 10.6. The standard InChI is InChI=1S/C6H8N2.H2O/c1-2-4-8-5-3-7-6-8;/h2-3,5-6H,1,4H2;1H2. The Morgan fingerprint density at radius 3 is 2.89 bits per heavy atom. The molecule has 1 rings (SSSR count). The Morgan fingerprint density at radius 2 is 2.44 bits per heavy atom. The van der Waals surface area contributed by atoms with Crippen LogP contribution in [0.5, 0.6) is 0 Å². The van der Waals surface area contributed by atoms with Crippen molar-refractivity contribution in [1.29, 1.82) is 0 Å². The summed E-state index contributed by atoms with van der Waals surface area (Å²) in [7, 11) is 0. The molecule has 1 heterocycles. The number of H-pyrrole nitrogens is 1. The molecule has 1 aromatic heterocycles. The lowest BCUT2D eigenvalue weighted by Gasteiger charge is -1.81. The van der Waals surface area contributed by atoms with E-state index in [0.29, 0.717) is 0 Å². The third kappa shape index (κ3) is 2.10. The summed E-state index contributed by atoms with van der Waals surface area (Å²) in [5, 5.41) is 0. The van der Waals surface area contributed by atoms with E-state index in [-0.39, 0.29) is 5.48 Å². The monoisotopic (exact) mass is 126 g/mol. The molecule has 0 atom stereocenters. The van der Waals surface area contributed by atoms with Gasteiger partial charge in [0.2, 0.25) is 6.33 Å². The molecule has 0 saturated carbocycles. The summed E-state index contributed by atoms with van der Waals surface area (Å²) in [5.41, 5.74) is 0. The van der Waals surface area contributed by atoms with Gasteiger partial charge in [-0.2, -0.15) is 0 Å². The highest BCUT2D eigenvalue weighted by Crippen LogP contribution is 1.68. The molecule has 50 valence electrons. The minimum Gasteiger partial charge on any atom is -0.870 e. The van der Waals surface area contributed by atoms with Crippen LogP contribution in [0.15, 0.2) is 31.4 Å². The average Bonchev–Trinajstić information content (AvgIpc) is 2.19. The van der Waals surface area contributed by atoms with E-state index in [1.807, 2.05) is 29.4 Å². The minimum atomic E-state index is 0. The van der Waals surface area contributed by atoms with Crippen molar-refractivity contribution < 1.29 is 10.0 Å². The number of hydrogen-bond donors (Lipinski definition) is 1. The van der Waals surface area contributed by atoms with Crippen molar-refractivity contribution in [3.63, 3.8) is 0 Å². The van der Waals surface area contributed by atoms with E-state index in [4.69, 9.17) is 0 Å². The maximum atomic E-state index is 3.60. The van der Waals surface area contributed by atoms with E-state index in [2.05, 4.69) is 11.6 Å². The second-order valence-corrected chi connectivity index (χ2v) is 1.60. The van der Waals surface area contributed by atoms with E-state index in [0.717, 1.165) is 6.54 Å². The van der Waals surface area contributed by atoms with Crippen LogP contribution in [0.25, 0.3) is 0 Å². The Hall–Kier alpha value is -1.09. The molecule has 0 unspecified atom stereocenters. The van der Waals surface area contributed by atoms with Gasteiger partial charge >= 0.3 is 0 Å². The van der Waals surface area contributed by atoms with E-state index in [1.54, 1.807) is 0 Å². The van der Waals surface area contributed by atoms with Crippen LogP contribution in [-0.2, 0) is 6.54 Å². The van der Waals surface area contributed by atoms with Gasteiger partial charge in [0, 0.05) is 0 Å². The van der Waals surface area contributed by atoms with Crippen LogP contribution < -0.4 is 4.57 Å². The van der Waals surface area contributed by atoms with E-state index >= 15 is 0 Å². The Morgan fingerprint density at radius 1 is 1.67 bits per heavy atom. The molecule has 0 saturated heterocycles. The molecular weight excluding hydrogens is 116 g/mol. The molecule has 0 aliphatic heterocycles. The summed E-state index contributed by atoms with van der Waals surface area (Å²) >= 11 is 0. The van der Waals surface area contributed by atoms with Crippen molar-refractivity contribution in [3.8, 4) is 0 Å². The highest BCUT2D eigenvalue weighted by atomic mass is 16.0. The van der Waals surface area contributed by atoms with Crippen LogP contribution in [-0.4, -0.2) is 10.5 Å². The summed E-state index contributed by atoms with van der Waals surface area (Å²) in [6, 6.07) is 0. The number of nitrogens with one attached hydrogen (secondary N) is 1. The van der Waals surface area contributed by atoms with Gasteiger partial charge in [0.15, 0.2) is 0 Å². The number of imidazole rings is 1. The predicted molar refractivity (Wildman–Crippen MR) is 33.1 cm³/mol. The summed E-state index contributed by atoms with van der Waals surface area (Å²) in [5.74, 6) is 0. The van der Waals surface area contributed by atoms with Gasteiger partial charge in [-0.05, 0) is 0 Å². The van der Waals surface area contributed by atoms with Crippen molar-refractivity contribution in [3.05, 3.63) is 31.4 Å². The average molecular weight is 126 g/mol. The van der Waals surface area contributed by atoms with Gasteiger partial charge in [-0.25, -0.2) is 4.57 Å². The summed E-state index contributed by atoms with van der Waals surface area (Å²) in [4.78, 5) is 2.93. The van der Waals surface area contributed by atoms with Crippen LogP contribution in [0.1, 0.15) is 0 Å². The quantitative estimate of drug-likeness (QED) is 0.450. The van der Waals surface area contributed by atoms with Crippen molar-refractivity contribution in [1.82, 2.24) is 4.98 Å². The van der Waals surface area contributed by atoms with Crippen LogP contribution in [0.4, 0.5) is 0 Å². The zero-order chi connectivity index (χ0) is 5.82. The predicted octanol–water partition coefficient (Wildman–Crippen LogP) is 0.311. The number of aromatic amines is 1. The van der Waals surface area contributed by atoms with E-state index < -0.39 is 0 Å². The third-order valence-corrected chi connectivity index (χ3v) is 0.943. The molecule has 0 amide bonds. The first-order valence-electron chi connectivity index (χ1n) is 2.56. The fraction of sp³-hybridized carbons (Fsp3) is 0.167. The summed E-state index contributed by atoms with van der Waals surface area (Å²) < 4.78 is 2.01. The van der Waals surface area contributed by atoms with Gasteiger partial charge in [0.05, 0.1) is 0 Å². The van der Waals surface area contributed by atoms with E-state index in [1.165, 1.54) is 0 Å². The molecule has 0 fully saturated rings. The molecular formula is C6H10N2O. The zero-order valence-electron chi connectivity index (χ0n) is 5.12. The molecule has 0 aliphatic rings. The smallest absolute Gasteiger partial charge is 0.241 e. The largest absolute Gasteiger partial charge is 0.870 e. The number of allylic oxidation sites excluding steroid dienone is 1. The summed E-state index contributed by atoms with van der Waals surface area (Å²) in [6.45, 7) is 4.48. The Bertz CT molecular complexity index is 158. The second-order valence-electron chi connectivity index (χ2n) is 1.60. The van der Waals surface area contributed by atoms with Crippen LogP contribution in [0.2, 0.25) is 0 Å². The van der Waals surface area contributed by atoms with Gasteiger partial charge in [-0.3, -0.25) is 4.98 Å². The number of aromatic nitrogens is 2. The lowest BCUT2D eigenvalue weighted by molar-refractivity contribution is -0.685. The van der Waals surface area contributed by atoms with Gasteiger partial charge in [0.25, 0.3) is 0 Å². The van der Waals surface area contributed by atoms with Gasteiger partial charge in [0.1, 0.15) is 18.9 Å². The Labute approximate surface area is 54.0 Å². The van der Waals surface area contributed by atoms with Gasteiger partial charge in [-0.1, -0.05) is 12.7 Å². The lowest BCUT2D eigenvalue weighted by Crippen LogP contribution is -2.28. The highest BCUT2D eigenvalue weighted by Gasteiger charge is 1.87. The third-order valence-electron chi connectivity index (χ3n) is 0.943. The maximum absolute atomic E-state index is 3.60.